The fraction of sp³-hybridized carbons (Fsp3) is 0.526. The highest BCUT2D eigenvalue weighted by molar-refractivity contribution is 5.94. The van der Waals surface area contributed by atoms with Crippen LogP contribution in [0, 0.1) is 0 Å². The monoisotopic (exact) mass is 346 g/mol. The van der Waals surface area contributed by atoms with Gasteiger partial charge in [-0.1, -0.05) is 0 Å². The van der Waals surface area contributed by atoms with Gasteiger partial charge in [0, 0.05) is 38.0 Å². The molecule has 2 rings (SSSR count). The Morgan fingerprint density at radius 1 is 1.20 bits per heavy atom. The summed E-state index contributed by atoms with van der Waals surface area (Å²) in [5.41, 5.74) is 0.655. The normalized spacial score (nSPS) is 13.8. The molecule has 6 heteroatoms. The van der Waals surface area contributed by atoms with Gasteiger partial charge in [-0.3, -0.25) is 14.4 Å². The number of carbonyl (C=O) groups is 3. The lowest BCUT2D eigenvalue weighted by atomic mass is 10.1. The van der Waals surface area contributed by atoms with E-state index in [4.69, 9.17) is 4.74 Å². The van der Waals surface area contributed by atoms with Gasteiger partial charge in [0.25, 0.3) is 0 Å². The number of nitrogens with one attached hydrogen (secondary N) is 1. The minimum atomic E-state index is 0.00303. The van der Waals surface area contributed by atoms with Crippen molar-refractivity contribution in [2.75, 3.05) is 26.2 Å². The third-order valence-corrected chi connectivity index (χ3v) is 4.18. The van der Waals surface area contributed by atoms with Crippen LogP contribution < -0.4 is 10.1 Å². The Labute approximate surface area is 148 Å². The van der Waals surface area contributed by atoms with E-state index in [0.29, 0.717) is 43.7 Å². The van der Waals surface area contributed by atoms with Crippen LogP contribution in [0.4, 0.5) is 0 Å². The van der Waals surface area contributed by atoms with E-state index < -0.39 is 0 Å². The van der Waals surface area contributed by atoms with Crippen LogP contribution in [0.15, 0.2) is 24.3 Å². The van der Waals surface area contributed by atoms with Crippen LogP contribution in [0.5, 0.6) is 5.75 Å². The average molecular weight is 346 g/mol. The summed E-state index contributed by atoms with van der Waals surface area (Å²) in [6.07, 6.45) is 3.43. The molecule has 1 aliphatic rings. The summed E-state index contributed by atoms with van der Waals surface area (Å²) in [6.45, 7) is 4.14. The van der Waals surface area contributed by atoms with E-state index in [1.807, 2.05) is 4.90 Å². The molecule has 0 unspecified atom stereocenters. The largest absolute Gasteiger partial charge is 0.494 e. The summed E-state index contributed by atoms with van der Waals surface area (Å²) in [5.74, 6) is 0.945. The highest BCUT2D eigenvalue weighted by Gasteiger charge is 2.18. The molecule has 2 amide bonds. The SMILES string of the molecule is CC(=O)c1ccc(OCCCC(=O)NCCCN2CCCC2=O)cc1. The molecule has 1 saturated heterocycles. The van der Waals surface area contributed by atoms with Crippen molar-refractivity contribution in [1.82, 2.24) is 10.2 Å². The highest BCUT2D eigenvalue weighted by Crippen LogP contribution is 2.13. The van der Waals surface area contributed by atoms with Crippen molar-refractivity contribution in [3.8, 4) is 5.75 Å². The fourth-order valence-electron chi connectivity index (χ4n) is 2.74. The third-order valence-electron chi connectivity index (χ3n) is 4.18. The number of hydrogen-bond acceptors (Lipinski definition) is 4. The van der Waals surface area contributed by atoms with Crippen molar-refractivity contribution < 1.29 is 19.1 Å². The maximum absolute atomic E-state index is 11.7. The van der Waals surface area contributed by atoms with E-state index in [2.05, 4.69) is 5.32 Å². The van der Waals surface area contributed by atoms with Gasteiger partial charge in [0.2, 0.25) is 11.8 Å². The zero-order valence-electron chi connectivity index (χ0n) is 14.8. The summed E-state index contributed by atoms with van der Waals surface area (Å²) >= 11 is 0. The molecule has 1 heterocycles. The van der Waals surface area contributed by atoms with Crippen LogP contribution in [-0.2, 0) is 9.59 Å². The van der Waals surface area contributed by atoms with E-state index in [1.54, 1.807) is 24.3 Å². The predicted octanol–water partition coefficient (Wildman–Crippen LogP) is 2.18. The number of likely N-dealkylation sites (tertiary alicyclic amines) is 1. The Balaban J connectivity index is 1.51. The van der Waals surface area contributed by atoms with Crippen LogP contribution in [0.1, 0.15) is 49.4 Å². The standard InChI is InChI=1S/C19H26N2O4/c1-15(22)16-7-9-17(10-8-16)25-14-3-5-18(23)20-11-4-13-21-12-2-6-19(21)24/h7-10H,2-6,11-14H2,1H3,(H,20,23). The maximum atomic E-state index is 11.7. The Morgan fingerprint density at radius 3 is 2.60 bits per heavy atom. The number of nitrogens with zero attached hydrogens (tertiary/aromatic N) is 1. The number of hydrogen-bond donors (Lipinski definition) is 1. The Hall–Kier alpha value is -2.37. The number of amides is 2. The second-order valence-electron chi connectivity index (χ2n) is 6.22. The molecule has 1 aromatic rings. The number of ether oxygens (including phenoxy) is 1. The second-order valence-corrected chi connectivity index (χ2v) is 6.22. The Morgan fingerprint density at radius 2 is 1.96 bits per heavy atom. The molecule has 1 fully saturated rings. The van der Waals surface area contributed by atoms with Crippen LogP contribution >= 0.6 is 0 Å². The third kappa shape index (κ3) is 6.57. The second kappa shape index (κ2) is 9.81. The van der Waals surface area contributed by atoms with Crippen molar-refractivity contribution >= 4 is 17.6 Å². The molecule has 6 nitrogen and oxygen atoms in total. The van der Waals surface area contributed by atoms with Gasteiger partial charge in [0.15, 0.2) is 5.78 Å². The zero-order valence-corrected chi connectivity index (χ0v) is 14.8. The summed E-state index contributed by atoms with van der Waals surface area (Å²) in [7, 11) is 0. The summed E-state index contributed by atoms with van der Waals surface area (Å²) in [6, 6.07) is 6.98. The van der Waals surface area contributed by atoms with E-state index in [0.717, 1.165) is 25.9 Å². The lowest BCUT2D eigenvalue weighted by molar-refractivity contribution is -0.127. The van der Waals surface area contributed by atoms with Crippen molar-refractivity contribution in [3.05, 3.63) is 29.8 Å². The van der Waals surface area contributed by atoms with Gasteiger partial charge in [-0.15, -0.1) is 0 Å². The fourth-order valence-corrected chi connectivity index (χ4v) is 2.74. The molecule has 0 aromatic heterocycles. The molecule has 1 N–H and O–H groups in total. The van der Waals surface area contributed by atoms with Gasteiger partial charge in [0.1, 0.15) is 5.75 Å². The minimum absolute atomic E-state index is 0.00303. The summed E-state index contributed by atoms with van der Waals surface area (Å²) < 4.78 is 5.56. The molecule has 25 heavy (non-hydrogen) atoms. The summed E-state index contributed by atoms with van der Waals surface area (Å²) in [4.78, 5) is 36.2. The molecule has 0 saturated carbocycles. The number of Topliss-reactive ketones (excluding diaryl/α,β-unsaturated/α-hetero) is 1. The molecule has 0 aliphatic carbocycles. The Kier molecular flexibility index (Phi) is 7.44. The van der Waals surface area contributed by atoms with E-state index in [1.165, 1.54) is 6.92 Å². The highest BCUT2D eigenvalue weighted by atomic mass is 16.5. The molecule has 0 radical (unpaired) electrons. The lowest BCUT2D eigenvalue weighted by Gasteiger charge is -2.15. The minimum Gasteiger partial charge on any atom is -0.494 e. The van der Waals surface area contributed by atoms with Gasteiger partial charge >= 0.3 is 0 Å². The van der Waals surface area contributed by atoms with Crippen LogP contribution in [-0.4, -0.2) is 48.7 Å². The van der Waals surface area contributed by atoms with Gasteiger partial charge in [-0.25, -0.2) is 0 Å². The average Bonchev–Trinajstić information content (AvgIpc) is 3.01. The smallest absolute Gasteiger partial charge is 0.222 e. The molecule has 1 aliphatic heterocycles. The van der Waals surface area contributed by atoms with E-state index >= 15 is 0 Å². The number of ketones is 1. The first-order chi connectivity index (χ1) is 12.1. The number of benzene rings is 1. The molecule has 0 spiro atoms. The molecule has 0 atom stereocenters. The maximum Gasteiger partial charge on any atom is 0.222 e. The quantitative estimate of drug-likeness (QED) is 0.520. The van der Waals surface area contributed by atoms with Gasteiger partial charge < -0.3 is 15.0 Å². The van der Waals surface area contributed by atoms with Gasteiger partial charge in [-0.2, -0.15) is 0 Å². The lowest BCUT2D eigenvalue weighted by Crippen LogP contribution is -2.30. The first-order valence-corrected chi connectivity index (χ1v) is 8.84. The van der Waals surface area contributed by atoms with E-state index in [9.17, 15) is 14.4 Å². The van der Waals surface area contributed by atoms with E-state index in [-0.39, 0.29) is 17.6 Å². The van der Waals surface area contributed by atoms with Gasteiger partial charge in [-0.05, 0) is 50.5 Å². The van der Waals surface area contributed by atoms with Crippen molar-refractivity contribution in [3.63, 3.8) is 0 Å². The zero-order chi connectivity index (χ0) is 18.1. The van der Waals surface area contributed by atoms with Crippen LogP contribution in [0.25, 0.3) is 0 Å². The van der Waals surface area contributed by atoms with Crippen molar-refractivity contribution in [1.29, 1.82) is 0 Å². The van der Waals surface area contributed by atoms with Gasteiger partial charge in [0.05, 0.1) is 6.61 Å². The Bertz CT molecular complexity index is 598. The molecular weight excluding hydrogens is 320 g/mol. The van der Waals surface area contributed by atoms with Crippen molar-refractivity contribution in [2.24, 2.45) is 0 Å². The van der Waals surface area contributed by atoms with Crippen LogP contribution in [0.2, 0.25) is 0 Å². The number of carbonyl (C=O) groups excluding carboxylic acids is 3. The van der Waals surface area contributed by atoms with Crippen molar-refractivity contribution in [2.45, 2.75) is 39.0 Å². The summed E-state index contributed by atoms with van der Waals surface area (Å²) in [5, 5.41) is 2.87. The molecule has 136 valence electrons. The number of rotatable bonds is 10. The predicted molar refractivity (Wildman–Crippen MR) is 94.6 cm³/mol. The first-order valence-electron chi connectivity index (χ1n) is 8.84. The van der Waals surface area contributed by atoms with Crippen LogP contribution in [0.3, 0.4) is 0 Å². The molecule has 1 aromatic carbocycles. The topological polar surface area (TPSA) is 75.7 Å². The first kappa shape index (κ1) is 19.0. The molecular formula is C19H26N2O4. The molecule has 0 bridgehead atoms.